The van der Waals surface area contributed by atoms with Crippen molar-refractivity contribution >= 4 is 5.91 Å². The van der Waals surface area contributed by atoms with Gasteiger partial charge in [-0.2, -0.15) is 0 Å². The standard InChI is InChI=1S/C24H26N4O4/c1-16-6-7-20(21(13-16)31-2)32-15-23(30)28-11-8-17(9-12-28)24-26-19(14-22(29)27-24)18-5-3-4-10-25-18/h3-7,10,13-14,17H,8-9,11-12,15H2,1-2H3,(H,26,27,29). The lowest BCUT2D eigenvalue weighted by atomic mass is 9.95. The molecule has 1 aliphatic rings. The quantitative estimate of drug-likeness (QED) is 0.641. The number of likely N-dealkylation sites (tertiary alicyclic amines) is 1. The van der Waals surface area contributed by atoms with Crippen LogP contribution in [-0.4, -0.2) is 52.6 Å². The van der Waals surface area contributed by atoms with E-state index in [-0.39, 0.29) is 24.0 Å². The Labute approximate surface area is 186 Å². The van der Waals surface area contributed by atoms with Crippen LogP contribution in [0.15, 0.2) is 53.5 Å². The normalized spacial score (nSPS) is 14.2. The van der Waals surface area contributed by atoms with Gasteiger partial charge in [-0.15, -0.1) is 0 Å². The van der Waals surface area contributed by atoms with Crippen LogP contribution < -0.4 is 15.0 Å². The minimum atomic E-state index is -0.199. The van der Waals surface area contributed by atoms with Crippen molar-refractivity contribution in [3.05, 3.63) is 70.4 Å². The van der Waals surface area contributed by atoms with Crippen LogP contribution >= 0.6 is 0 Å². The number of methoxy groups -OCH3 is 1. The predicted molar refractivity (Wildman–Crippen MR) is 120 cm³/mol. The Hall–Kier alpha value is -3.68. The average molecular weight is 434 g/mol. The molecule has 0 spiro atoms. The van der Waals surface area contributed by atoms with Gasteiger partial charge in [-0.05, 0) is 49.6 Å². The molecule has 3 heterocycles. The van der Waals surface area contributed by atoms with Crippen LogP contribution in [0.3, 0.4) is 0 Å². The minimum absolute atomic E-state index is 0.0473. The molecule has 0 radical (unpaired) electrons. The third kappa shape index (κ3) is 4.96. The number of piperidine rings is 1. The lowest BCUT2D eigenvalue weighted by Crippen LogP contribution is -2.41. The van der Waals surface area contributed by atoms with Gasteiger partial charge in [0.05, 0.1) is 18.5 Å². The summed E-state index contributed by atoms with van der Waals surface area (Å²) < 4.78 is 11.0. The van der Waals surface area contributed by atoms with Gasteiger partial charge in [0.1, 0.15) is 5.82 Å². The Morgan fingerprint density at radius 2 is 1.94 bits per heavy atom. The van der Waals surface area contributed by atoms with E-state index in [1.165, 1.54) is 6.07 Å². The van der Waals surface area contributed by atoms with Gasteiger partial charge < -0.3 is 19.4 Å². The summed E-state index contributed by atoms with van der Waals surface area (Å²) in [5.41, 5.74) is 2.08. The van der Waals surface area contributed by atoms with E-state index in [1.807, 2.05) is 43.3 Å². The zero-order chi connectivity index (χ0) is 22.5. The summed E-state index contributed by atoms with van der Waals surface area (Å²) in [6.45, 7) is 3.08. The highest BCUT2D eigenvalue weighted by atomic mass is 16.5. The van der Waals surface area contributed by atoms with E-state index in [1.54, 1.807) is 18.2 Å². The fourth-order valence-corrected chi connectivity index (χ4v) is 3.84. The smallest absolute Gasteiger partial charge is 0.260 e. The van der Waals surface area contributed by atoms with Crippen LogP contribution in [0.5, 0.6) is 11.5 Å². The largest absolute Gasteiger partial charge is 0.493 e. The zero-order valence-electron chi connectivity index (χ0n) is 18.2. The van der Waals surface area contributed by atoms with Crippen LogP contribution in [0.4, 0.5) is 0 Å². The van der Waals surface area contributed by atoms with E-state index in [2.05, 4.69) is 15.0 Å². The number of hydrogen-bond acceptors (Lipinski definition) is 6. The van der Waals surface area contributed by atoms with Gasteiger partial charge in [0.15, 0.2) is 18.1 Å². The van der Waals surface area contributed by atoms with Gasteiger partial charge in [-0.3, -0.25) is 14.6 Å². The van der Waals surface area contributed by atoms with E-state index in [0.29, 0.717) is 54.6 Å². The molecular formula is C24H26N4O4. The second-order valence-electron chi connectivity index (χ2n) is 7.83. The van der Waals surface area contributed by atoms with Crippen LogP contribution in [0.25, 0.3) is 11.4 Å². The summed E-state index contributed by atoms with van der Waals surface area (Å²) in [4.78, 5) is 38.4. The topological polar surface area (TPSA) is 97.4 Å². The first-order valence-corrected chi connectivity index (χ1v) is 10.6. The van der Waals surface area contributed by atoms with E-state index >= 15 is 0 Å². The second kappa shape index (κ2) is 9.64. The van der Waals surface area contributed by atoms with E-state index in [9.17, 15) is 9.59 Å². The Morgan fingerprint density at radius 1 is 1.12 bits per heavy atom. The molecule has 0 atom stereocenters. The molecule has 1 aromatic carbocycles. The number of pyridine rings is 1. The van der Waals surface area contributed by atoms with Crippen molar-refractivity contribution < 1.29 is 14.3 Å². The minimum Gasteiger partial charge on any atom is -0.493 e. The van der Waals surface area contributed by atoms with E-state index in [4.69, 9.17) is 9.47 Å². The molecule has 4 rings (SSSR count). The Balaban J connectivity index is 1.37. The Bertz CT molecular complexity index is 1140. The zero-order valence-corrected chi connectivity index (χ0v) is 18.2. The summed E-state index contributed by atoms with van der Waals surface area (Å²) >= 11 is 0. The van der Waals surface area contributed by atoms with Gasteiger partial charge in [0.2, 0.25) is 0 Å². The molecule has 0 bridgehead atoms. The van der Waals surface area contributed by atoms with Gasteiger partial charge in [-0.1, -0.05) is 12.1 Å². The third-order valence-corrected chi connectivity index (χ3v) is 5.59. The highest BCUT2D eigenvalue weighted by Crippen LogP contribution is 2.29. The number of aromatic amines is 1. The number of rotatable bonds is 6. The van der Waals surface area contributed by atoms with Crippen molar-refractivity contribution in [2.45, 2.75) is 25.7 Å². The fourth-order valence-electron chi connectivity index (χ4n) is 3.84. The lowest BCUT2D eigenvalue weighted by molar-refractivity contribution is -0.134. The summed E-state index contributed by atoms with van der Waals surface area (Å²) in [7, 11) is 1.58. The Kier molecular flexibility index (Phi) is 6.49. The van der Waals surface area contributed by atoms with Gasteiger partial charge in [0, 0.05) is 31.3 Å². The first-order chi connectivity index (χ1) is 15.5. The third-order valence-electron chi connectivity index (χ3n) is 5.59. The van der Waals surface area contributed by atoms with Crippen molar-refractivity contribution in [3.8, 4) is 22.9 Å². The monoisotopic (exact) mass is 434 g/mol. The Morgan fingerprint density at radius 3 is 2.66 bits per heavy atom. The molecular weight excluding hydrogens is 408 g/mol. The number of carbonyl (C=O) groups excluding carboxylic acids is 1. The van der Waals surface area contributed by atoms with Crippen LogP contribution in [-0.2, 0) is 4.79 Å². The summed E-state index contributed by atoms with van der Waals surface area (Å²) in [5, 5.41) is 0. The molecule has 2 aromatic heterocycles. The van der Waals surface area contributed by atoms with Crippen LogP contribution in [0.1, 0.15) is 30.1 Å². The van der Waals surface area contributed by atoms with Gasteiger partial charge in [-0.25, -0.2) is 4.98 Å². The average Bonchev–Trinajstić information content (AvgIpc) is 2.83. The van der Waals surface area contributed by atoms with Crippen LogP contribution in [0.2, 0.25) is 0 Å². The molecule has 166 valence electrons. The molecule has 1 aliphatic heterocycles. The van der Waals surface area contributed by atoms with Crippen LogP contribution in [0, 0.1) is 6.92 Å². The maximum atomic E-state index is 12.7. The first kappa shape index (κ1) is 21.5. The number of hydrogen-bond donors (Lipinski definition) is 1. The summed E-state index contributed by atoms with van der Waals surface area (Å²) in [6, 6.07) is 12.6. The molecule has 0 aliphatic carbocycles. The van der Waals surface area contributed by atoms with E-state index < -0.39 is 0 Å². The number of ether oxygens (including phenoxy) is 2. The number of nitrogens with one attached hydrogen (secondary N) is 1. The number of aryl methyl sites for hydroxylation is 1. The highest BCUT2D eigenvalue weighted by Gasteiger charge is 2.26. The predicted octanol–water partition coefficient (Wildman–Crippen LogP) is 2.93. The van der Waals surface area contributed by atoms with Gasteiger partial charge >= 0.3 is 0 Å². The number of carbonyl (C=O) groups is 1. The number of H-pyrrole nitrogens is 1. The first-order valence-electron chi connectivity index (χ1n) is 10.6. The number of aromatic nitrogens is 3. The molecule has 8 heteroatoms. The summed E-state index contributed by atoms with van der Waals surface area (Å²) in [6.07, 6.45) is 3.11. The maximum Gasteiger partial charge on any atom is 0.260 e. The molecule has 1 N–H and O–H groups in total. The molecule has 0 saturated carbocycles. The molecule has 1 fully saturated rings. The van der Waals surface area contributed by atoms with Crippen molar-refractivity contribution in [2.24, 2.45) is 0 Å². The molecule has 0 unspecified atom stereocenters. The van der Waals surface area contributed by atoms with Gasteiger partial charge in [0.25, 0.3) is 11.5 Å². The number of nitrogens with zero attached hydrogens (tertiary/aromatic N) is 3. The lowest BCUT2D eigenvalue weighted by Gasteiger charge is -2.31. The fraction of sp³-hybridized carbons (Fsp3) is 0.333. The van der Waals surface area contributed by atoms with Crippen molar-refractivity contribution in [1.29, 1.82) is 0 Å². The van der Waals surface area contributed by atoms with Crippen molar-refractivity contribution in [2.75, 3.05) is 26.8 Å². The van der Waals surface area contributed by atoms with E-state index in [0.717, 1.165) is 5.56 Å². The maximum absolute atomic E-state index is 12.7. The summed E-state index contributed by atoms with van der Waals surface area (Å²) in [5.74, 6) is 1.81. The molecule has 1 saturated heterocycles. The number of benzene rings is 1. The molecule has 32 heavy (non-hydrogen) atoms. The SMILES string of the molecule is COc1cc(C)ccc1OCC(=O)N1CCC(c2nc(-c3ccccn3)cc(=O)[nH]2)CC1. The molecule has 1 amide bonds. The molecule has 3 aromatic rings. The number of amides is 1. The van der Waals surface area contributed by atoms with Crippen molar-refractivity contribution in [1.82, 2.24) is 19.9 Å². The highest BCUT2D eigenvalue weighted by molar-refractivity contribution is 5.78. The van der Waals surface area contributed by atoms with Crippen molar-refractivity contribution in [3.63, 3.8) is 0 Å². The second-order valence-corrected chi connectivity index (χ2v) is 7.83. The molecule has 8 nitrogen and oxygen atoms in total.